The van der Waals surface area contributed by atoms with E-state index in [0.717, 1.165) is 0 Å². The van der Waals surface area contributed by atoms with E-state index in [0.29, 0.717) is 0 Å². The Hall–Kier alpha value is -3.24. The van der Waals surface area contributed by atoms with Crippen molar-refractivity contribution in [2.24, 2.45) is 0 Å². The van der Waals surface area contributed by atoms with Crippen LogP contribution < -0.4 is 27.8 Å². The standard InChI is InChI=1S/C20H26N12O10P2/c21-9-13-7(39-19(9)31-5-29-11-15(23)25-3-27-17(11)31)1-37-43(33,34)42-14-8(2-38-44(35,36)41-13)40-20(10(14)22)32-6-30-12-16(24)26-4-28-18(12)32/h3-10,13-14,19-20H,1-2,21-22H2,(H,33,34)(H,35,36)(H2,23,25,27)(H2,24,26,28)/p+1/t7-,8-,9?,10?,13+,14+,19-,20-/m1/s1. The molecule has 10 atom stereocenters. The number of phosphoric ester groups is 2. The highest BCUT2D eigenvalue weighted by atomic mass is 31.2. The Morgan fingerprint density at radius 3 is 1.80 bits per heavy atom. The zero-order chi connectivity index (χ0) is 31.0. The summed E-state index contributed by atoms with van der Waals surface area (Å²) >= 11 is 0. The van der Waals surface area contributed by atoms with Gasteiger partial charge < -0.3 is 51.2 Å². The largest absolute Gasteiger partial charge is 0.756 e. The number of quaternary nitrogens is 2. The van der Waals surface area contributed by atoms with Crippen LogP contribution >= 0.6 is 15.6 Å². The molecule has 0 radical (unpaired) electrons. The molecular formula is C20H27N12O10P2+. The Morgan fingerprint density at radius 2 is 1.27 bits per heavy atom. The van der Waals surface area contributed by atoms with Crippen molar-refractivity contribution in [3.05, 3.63) is 25.3 Å². The Kier molecular flexibility index (Phi) is 7.16. The van der Waals surface area contributed by atoms with E-state index in [1.165, 1.54) is 34.4 Å². The van der Waals surface area contributed by atoms with Crippen LogP contribution in [0.2, 0.25) is 0 Å². The summed E-state index contributed by atoms with van der Waals surface area (Å²) in [5.41, 5.74) is 21.0. The maximum absolute atomic E-state index is 13.2. The van der Waals surface area contributed by atoms with Crippen LogP contribution in [0, 0.1) is 0 Å². The van der Waals surface area contributed by atoms with Gasteiger partial charge in [0.05, 0.1) is 25.9 Å². The molecule has 0 bridgehead atoms. The second-order valence-electron chi connectivity index (χ2n) is 10.3. The summed E-state index contributed by atoms with van der Waals surface area (Å²) < 4.78 is 62.7. The lowest BCUT2D eigenvalue weighted by Crippen LogP contribution is -2.68. The molecule has 3 fully saturated rings. The first-order valence-corrected chi connectivity index (χ1v) is 16.0. The smallest absolute Gasteiger partial charge is 0.472 e. The minimum atomic E-state index is -5.07. The fourth-order valence-corrected chi connectivity index (χ4v) is 7.48. The lowest BCUT2D eigenvalue weighted by Gasteiger charge is -2.31. The number of nitrogen functional groups attached to an aromatic ring is 2. The van der Waals surface area contributed by atoms with Gasteiger partial charge in [-0.15, -0.1) is 0 Å². The number of fused-ring (bicyclic) bond motifs is 4. The molecular weight excluding hydrogens is 630 g/mol. The number of imidazole rings is 2. The average molecular weight is 657 g/mol. The van der Waals surface area contributed by atoms with E-state index in [9.17, 15) is 18.9 Å². The maximum atomic E-state index is 13.2. The lowest BCUT2D eigenvalue weighted by atomic mass is 10.1. The molecule has 0 amide bonds. The number of aromatic nitrogens is 8. The Bertz CT molecular complexity index is 1690. The van der Waals surface area contributed by atoms with Crippen molar-refractivity contribution in [3.63, 3.8) is 0 Å². The van der Waals surface area contributed by atoms with Crippen molar-refractivity contribution >= 4 is 49.6 Å². The number of phosphoric acid groups is 2. The number of nitrogens with zero attached hydrogens (tertiary/aromatic N) is 8. The molecule has 7 rings (SSSR count). The molecule has 0 aliphatic carbocycles. The van der Waals surface area contributed by atoms with Gasteiger partial charge in [-0.25, -0.2) is 34.5 Å². The second-order valence-corrected chi connectivity index (χ2v) is 13.0. The molecule has 7 heterocycles. The molecule has 0 saturated carbocycles. The summed E-state index contributed by atoms with van der Waals surface area (Å²) in [5, 5.41) is 0. The van der Waals surface area contributed by atoms with Crippen molar-refractivity contribution in [1.82, 2.24) is 39.0 Å². The molecule has 4 unspecified atom stereocenters. The quantitative estimate of drug-likeness (QED) is 0.129. The molecule has 236 valence electrons. The summed E-state index contributed by atoms with van der Waals surface area (Å²) in [6.07, 6.45) is -1.85. The van der Waals surface area contributed by atoms with Gasteiger partial charge in [0, 0.05) is 0 Å². The first kappa shape index (κ1) is 29.5. The third-order valence-corrected chi connectivity index (χ3v) is 9.52. The second kappa shape index (κ2) is 10.7. The zero-order valence-corrected chi connectivity index (χ0v) is 24.3. The summed E-state index contributed by atoms with van der Waals surface area (Å²) in [5.74, 6) is 0.236. The molecule has 4 aromatic heterocycles. The third-order valence-electron chi connectivity index (χ3n) is 7.56. The number of hydrogen-bond acceptors (Lipinski definition) is 17. The normalized spacial score (nSPS) is 38.3. The highest BCUT2D eigenvalue weighted by Crippen LogP contribution is 2.51. The molecule has 11 N–H and O–H groups in total. The third kappa shape index (κ3) is 5.04. The number of nitrogens with two attached hydrogens (primary N) is 2. The summed E-state index contributed by atoms with van der Waals surface area (Å²) in [7, 11) is -9.91. The monoisotopic (exact) mass is 657 g/mol. The van der Waals surface area contributed by atoms with E-state index in [1.54, 1.807) is 0 Å². The van der Waals surface area contributed by atoms with Crippen molar-refractivity contribution in [2.75, 3.05) is 24.7 Å². The van der Waals surface area contributed by atoms with Crippen LogP contribution in [0.15, 0.2) is 25.3 Å². The minimum Gasteiger partial charge on any atom is -0.756 e. The van der Waals surface area contributed by atoms with E-state index in [-0.39, 0.29) is 34.0 Å². The van der Waals surface area contributed by atoms with Crippen molar-refractivity contribution in [3.8, 4) is 0 Å². The van der Waals surface area contributed by atoms with Crippen LogP contribution in [0.4, 0.5) is 11.6 Å². The minimum absolute atomic E-state index is 0.117. The Labute approximate surface area is 245 Å². The van der Waals surface area contributed by atoms with Crippen LogP contribution in [0.25, 0.3) is 22.3 Å². The predicted molar refractivity (Wildman–Crippen MR) is 140 cm³/mol. The van der Waals surface area contributed by atoms with Gasteiger partial charge in [-0.05, 0) is 0 Å². The molecule has 3 aliphatic heterocycles. The molecule has 24 heteroatoms. The van der Waals surface area contributed by atoms with Crippen LogP contribution in [-0.4, -0.2) is 93.6 Å². The molecule has 4 aromatic rings. The highest BCUT2D eigenvalue weighted by Gasteiger charge is 2.54. The van der Waals surface area contributed by atoms with E-state index < -0.39 is 77.8 Å². The number of hydrogen-bond donors (Lipinski definition) is 5. The molecule has 22 nitrogen and oxygen atoms in total. The number of rotatable bonds is 2. The molecule has 44 heavy (non-hydrogen) atoms. The lowest BCUT2D eigenvalue weighted by molar-refractivity contribution is -0.446. The first-order chi connectivity index (χ1) is 20.9. The average Bonchev–Trinajstić information content (AvgIpc) is 3.73. The molecule has 0 spiro atoms. The van der Waals surface area contributed by atoms with E-state index in [4.69, 9.17) is 39.0 Å². The fraction of sp³-hybridized carbons (Fsp3) is 0.500. The summed E-state index contributed by atoms with van der Waals surface area (Å²) in [4.78, 5) is 48.3. The number of ether oxygens (including phenoxy) is 2. The van der Waals surface area contributed by atoms with Gasteiger partial charge in [0.15, 0.2) is 59.7 Å². The fourth-order valence-electron chi connectivity index (χ4n) is 5.50. The van der Waals surface area contributed by atoms with Crippen LogP contribution in [0.1, 0.15) is 12.5 Å². The van der Waals surface area contributed by atoms with Gasteiger partial charge >= 0.3 is 7.82 Å². The van der Waals surface area contributed by atoms with Crippen LogP contribution in [-0.2, 0) is 36.7 Å². The number of anilines is 2. The predicted octanol–water partition coefficient (Wildman–Crippen LogP) is -3.77. The molecule has 0 aromatic carbocycles. The van der Waals surface area contributed by atoms with E-state index in [2.05, 4.69) is 41.4 Å². The molecule has 3 aliphatic rings. The van der Waals surface area contributed by atoms with Gasteiger partial charge in [0.25, 0.3) is 7.82 Å². The first-order valence-electron chi connectivity index (χ1n) is 13.1. The summed E-state index contributed by atoms with van der Waals surface area (Å²) in [6, 6.07) is -1.85. The SMILES string of the molecule is Nc1ncnc2c1ncn2[C@@H]1O[C@@H]2COP(=O)(O)O[C@@H]3C([NH3+])[C@H](n4cnc5c(N)ncnc54)O[C@@H]3COP(=O)([O-])O[C@@H]2C1[NH3+]. The van der Waals surface area contributed by atoms with Gasteiger partial charge in [0.1, 0.15) is 35.9 Å². The van der Waals surface area contributed by atoms with Gasteiger partial charge in [-0.2, -0.15) is 0 Å². The van der Waals surface area contributed by atoms with Crippen LogP contribution in [0.5, 0.6) is 0 Å². The highest BCUT2D eigenvalue weighted by molar-refractivity contribution is 7.47. The van der Waals surface area contributed by atoms with Crippen molar-refractivity contribution in [1.29, 1.82) is 0 Å². The van der Waals surface area contributed by atoms with E-state index >= 15 is 0 Å². The van der Waals surface area contributed by atoms with Crippen molar-refractivity contribution in [2.45, 2.75) is 49.0 Å². The Balaban J connectivity index is 1.17. The van der Waals surface area contributed by atoms with Crippen LogP contribution in [0.3, 0.4) is 0 Å². The topological polar surface area (TPSA) is 327 Å². The van der Waals surface area contributed by atoms with E-state index in [1.807, 2.05) is 0 Å². The van der Waals surface area contributed by atoms with Crippen molar-refractivity contribution < 1.29 is 58.0 Å². The maximum Gasteiger partial charge on any atom is 0.472 e. The molecule has 3 saturated heterocycles. The zero-order valence-electron chi connectivity index (χ0n) is 22.5. The van der Waals surface area contributed by atoms with Gasteiger partial charge in [-0.3, -0.25) is 22.7 Å². The Morgan fingerprint density at radius 1 is 0.795 bits per heavy atom. The summed E-state index contributed by atoms with van der Waals surface area (Å²) in [6.45, 7) is -1.29. The van der Waals surface area contributed by atoms with Gasteiger partial charge in [-0.1, -0.05) is 0 Å². The van der Waals surface area contributed by atoms with Gasteiger partial charge in [0.2, 0.25) is 0 Å².